The lowest BCUT2D eigenvalue weighted by atomic mass is 10.1. The van der Waals surface area contributed by atoms with Crippen LogP contribution in [0, 0.1) is 6.92 Å². The summed E-state index contributed by atoms with van der Waals surface area (Å²) in [6.07, 6.45) is 0. The lowest BCUT2D eigenvalue weighted by molar-refractivity contribution is 0.282. The molecule has 0 aliphatic heterocycles. The lowest BCUT2D eigenvalue weighted by Crippen LogP contribution is -2.03. The minimum Gasteiger partial charge on any atom is -0.493 e. The van der Waals surface area contributed by atoms with Gasteiger partial charge in [-0.05, 0) is 64.3 Å². The molecule has 0 aromatic heterocycles. The summed E-state index contributed by atoms with van der Waals surface area (Å²) in [6.45, 7) is 2.96. The van der Waals surface area contributed by atoms with Crippen LogP contribution in [-0.2, 0) is 13.2 Å². The van der Waals surface area contributed by atoms with Crippen LogP contribution in [0.1, 0.15) is 16.7 Å². The van der Waals surface area contributed by atoms with Gasteiger partial charge in [-0.3, -0.25) is 0 Å². The van der Waals surface area contributed by atoms with Crippen LogP contribution in [0.5, 0.6) is 11.5 Å². The fourth-order valence-electron chi connectivity index (χ4n) is 2.69. The van der Waals surface area contributed by atoms with E-state index in [1.165, 1.54) is 0 Å². The van der Waals surface area contributed by atoms with E-state index in [1.807, 2.05) is 61.5 Å². The van der Waals surface area contributed by atoms with Crippen molar-refractivity contribution in [3.05, 3.63) is 85.8 Å². The van der Waals surface area contributed by atoms with Crippen molar-refractivity contribution in [2.24, 2.45) is 0 Å². The van der Waals surface area contributed by atoms with Crippen molar-refractivity contribution in [3.8, 4) is 11.5 Å². The van der Waals surface area contributed by atoms with Crippen LogP contribution in [0.25, 0.3) is 0 Å². The molecule has 28 heavy (non-hydrogen) atoms. The van der Waals surface area contributed by atoms with Crippen LogP contribution in [0.3, 0.4) is 0 Å². The number of anilines is 1. The third-order valence-electron chi connectivity index (χ3n) is 4.29. The van der Waals surface area contributed by atoms with E-state index in [4.69, 9.17) is 32.7 Å². The van der Waals surface area contributed by atoms with Crippen molar-refractivity contribution < 1.29 is 9.47 Å². The highest BCUT2D eigenvalue weighted by Crippen LogP contribution is 2.37. The van der Waals surface area contributed by atoms with E-state index in [1.54, 1.807) is 7.11 Å². The highest BCUT2D eigenvalue weighted by Gasteiger charge is 2.13. The summed E-state index contributed by atoms with van der Waals surface area (Å²) in [5.74, 6) is 1.30. The normalized spacial score (nSPS) is 10.6. The Hall–Kier alpha value is -1.88. The van der Waals surface area contributed by atoms with Gasteiger partial charge in [0.2, 0.25) is 0 Å². The number of hydrogen-bond donors (Lipinski definition) is 1. The maximum atomic E-state index is 6.21. The van der Waals surface area contributed by atoms with E-state index in [0.717, 1.165) is 31.9 Å². The Morgan fingerprint density at radius 1 is 1.00 bits per heavy atom. The van der Waals surface area contributed by atoms with Crippen LogP contribution in [0.4, 0.5) is 5.69 Å². The van der Waals surface area contributed by atoms with Crippen molar-refractivity contribution in [1.29, 1.82) is 0 Å². The molecule has 0 saturated carbocycles. The molecule has 0 fully saturated rings. The molecule has 0 bridgehead atoms. The zero-order chi connectivity index (χ0) is 20.1. The quantitative estimate of drug-likeness (QED) is 0.385. The summed E-state index contributed by atoms with van der Waals surface area (Å²) in [6, 6.07) is 17.5. The van der Waals surface area contributed by atoms with Crippen LogP contribution >= 0.6 is 39.1 Å². The SMILES string of the molecule is COc1cc(CNc2ccc(C)c(Cl)c2)cc(Br)c1OCc1ccccc1Cl. The highest BCUT2D eigenvalue weighted by atomic mass is 79.9. The van der Waals surface area contributed by atoms with Gasteiger partial charge >= 0.3 is 0 Å². The third kappa shape index (κ3) is 5.13. The highest BCUT2D eigenvalue weighted by molar-refractivity contribution is 9.10. The van der Waals surface area contributed by atoms with Gasteiger partial charge in [-0.2, -0.15) is 0 Å². The minimum atomic E-state index is 0.355. The van der Waals surface area contributed by atoms with Gasteiger partial charge in [0.05, 0.1) is 11.6 Å². The monoisotopic (exact) mass is 479 g/mol. The van der Waals surface area contributed by atoms with Crippen LogP contribution in [0.2, 0.25) is 10.0 Å². The Morgan fingerprint density at radius 2 is 1.79 bits per heavy atom. The second kappa shape index (κ2) is 9.55. The van der Waals surface area contributed by atoms with E-state index in [-0.39, 0.29) is 0 Å². The molecule has 0 unspecified atom stereocenters. The van der Waals surface area contributed by atoms with Crippen LogP contribution in [0.15, 0.2) is 59.1 Å². The molecule has 6 heteroatoms. The summed E-state index contributed by atoms with van der Waals surface area (Å²) >= 11 is 16.0. The summed E-state index contributed by atoms with van der Waals surface area (Å²) in [4.78, 5) is 0. The van der Waals surface area contributed by atoms with E-state index in [9.17, 15) is 0 Å². The van der Waals surface area contributed by atoms with Crippen LogP contribution in [-0.4, -0.2) is 7.11 Å². The number of aryl methyl sites for hydroxylation is 1. The summed E-state index contributed by atoms with van der Waals surface area (Å²) in [5, 5.41) is 4.79. The van der Waals surface area contributed by atoms with Gasteiger partial charge in [0, 0.05) is 27.8 Å². The standard InChI is InChI=1S/C22H20BrCl2NO2/c1-14-7-8-17(11-20(14)25)26-12-15-9-18(23)22(21(10-15)27-2)28-13-16-5-3-4-6-19(16)24/h3-11,26H,12-13H2,1-2H3. The molecule has 146 valence electrons. The van der Waals surface area contributed by atoms with Gasteiger partial charge in [0.1, 0.15) is 6.61 Å². The molecule has 3 aromatic carbocycles. The second-order valence-electron chi connectivity index (χ2n) is 6.31. The molecule has 0 heterocycles. The molecule has 3 nitrogen and oxygen atoms in total. The van der Waals surface area contributed by atoms with Gasteiger partial charge in [0.15, 0.2) is 11.5 Å². The van der Waals surface area contributed by atoms with Crippen molar-refractivity contribution in [3.63, 3.8) is 0 Å². The Morgan fingerprint density at radius 3 is 2.50 bits per heavy atom. The lowest BCUT2D eigenvalue weighted by Gasteiger charge is -2.16. The first-order valence-corrected chi connectivity index (χ1v) is 10.3. The number of ether oxygens (including phenoxy) is 2. The fourth-order valence-corrected chi connectivity index (χ4v) is 3.66. The van der Waals surface area contributed by atoms with Gasteiger partial charge in [-0.1, -0.05) is 47.5 Å². The molecule has 0 aliphatic rings. The average molecular weight is 481 g/mol. The Bertz CT molecular complexity index is 979. The maximum Gasteiger partial charge on any atom is 0.175 e. The topological polar surface area (TPSA) is 30.5 Å². The molecular formula is C22H20BrCl2NO2. The van der Waals surface area contributed by atoms with E-state index >= 15 is 0 Å². The molecular weight excluding hydrogens is 461 g/mol. The largest absolute Gasteiger partial charge is 0.493 e. The zero-order valence-electron chi connectivity index (χ0n) is 15.6. The molecule has 0 amide bonds. The van der Waals surface area contributed by atoms with E-state index in [0.29, 0.717) is 29.7 Å². The average Bonchev–Trinajstić information content (AvgIpc) is 2.68. The van der Waals surface area contributed by atoms with E-state index < -0.39 is 0 Å². The fraction of sp³-hybridized carbons (Fsp3) is 0.182. The van der Waals surface area contributed by atoms with Crippen molar-refractivity contribution in [1.82, 2.24) is 0 Å². The molecule has 0 radical (unpaired) electrons. The number of benzene rings is 3. The zero-order valence-corrected chi connectivity index (χ0v) is 18.7. The second-order valence-corrected chi connectivity index (χ2v) is 7.98. The molecule has 1 N–H and O–H groups in total. The van der Waals surface area contributed by atoms with Gasteiger partial charge in [-0.15, -0.1) is 0 Å². The molecule has 3 aromatic rings. The molecule has 0 saturated heterocycles. The maximum absolute atomic E-state index is 6.21. The number of nitrogens with one attached hydrogen (secondary N) is 1. The van der Waals surface area contributed by atoms with E-state index in [2.05, 4.69) is 21.2 Å². The van der Waals surface area contributed by atoms with Gasteiger partial charge < -0.3 is 14.8 Å². The predicted molar refractivity (Wildman–Crippen MR) is 120 cm³/mol. The number of methoxy groups -OCH3 is 1. The number of halogens is 3. The van der Waals surface area contributed by atoms with Crippen molar-refractivity contribution in [2.75, 3.05) is 12.4 Å². The molecule has 3 rings (SSSR count). The first kappa shape index (κ1) is 20.8. The summed E-state index contributed by atoms with van der Waals surface area (Å²) < 4.78 is 12.3. The summed E-state index contributed by atoms with van der Waals surface area (Å²) in [5.41, 5.74) is 3.98. The number of hydrogen-bond acceptors (Lipinski definition) is 3. The Balaban J connectivity index is 1.73. The third-order valence-corrected chi connectivity index (χ3v) is 5.65. The minimum absolute atomic E-state index is 0.355. The first-order valence-electron chi connectivity index (χ1n) is 8.70. The summed E-state index contributed by atoms with van der Waals surface area (Å²) in [7, 11) is 1.63. The van der Waals surface area contributed by atoms with Crippen molar-refractivity contribution >= 4 is 44.8 Å². The smallest absolute Gasteiger partial charge is 0.175 e. The van der Waals surface area contributed by atoms with Gasteiger partial charge in [0.25, 0.3) is 0 Å². The molecule has 0 aliphatic carbocycles. The Kier molecular flexibility index (Phi) is 7.11. The first-order chi connectivity index (χ1) is 13.5. The molecule has 0 spiro atoms. The van der Waals surface area contributed by atoms with Crippen LogP contribution < -0.4 is 14.8 Å². The van der Waals surface area contributed by atoms with Crippen molar-refractivity contribution in [2.45, 2.75) is 20.1 Å². The molecule has 0 atom stereocenters. The number of rotatable bonds is 7. The predicted octanol–water partition coefficient (Wildman–Crippen LogP) is 7.26. The Labute approximate surface area is 183 Å². The van der Waals surface area contributed by atoms with Gasteiger partial charge in [-0.25, -0.2) is 0 Å².